The molecule has 1 N–H and O–H groups in total. The van der Waals surface area contributed by atoms with E-state index in [-0.39, 0.29) is 23.0 Å². The maximum atomic E-state index is 12.6. The lowest BCUT2D eigenvalue weighted by Gasteiger charge is -2.33. The molecule has 0 spiro atoms. The quantitative estimate of drug-likeness (QED) is 0.681. The highest BCUT2D eigenvalue weighted by Gasteiger charge is 2.18. The predicted molar refractivity (Wildman–Crippen MR) is 111 cm³/mol. The third kappa shape index (κ3) is 5.92. The highest BCUT2D eigenvalue weighted by molar-refractivity contribution is 5.94. The number of carbonyl (C=O) groups excluding carboxylic acids is 1. The minimum atomic E-state index is -3.00. The van der Waals surface area contributed by atoms with E-state index in [1.54, 1.807) is 0 Å². The Hall–Kier alpha value is -2.67. The number of ether oxygens (including phenoxy) is 2. The van der Waals surface area contributed by atoms with Crippen LogP contribution in [-0.4, -0.2) is 37.1 Å². The zero-order valence-corrected chi connectivity index (χ0v) is 17.4. The summed E-state index contributed by atoms with van der Waals surface area (Å²) in [5.41, 5.74) is 2.45. The minimum absolute atomic E-state index is 0.144. The lowest BCUT2D eigenvalue weighted by molar-refractivity contribution is -0.0512. The topological polar surface area (TPSA) is 50.8 Å². The van der Waals surface area contributed by atoms with Crippen LogP contribution < -0.4 is 14.8 Å². The summed E-state index contributed by atoms with van der Waals surface area (Å²) < 4.78 is 34.5. The van der Waals surface area contributed by atoms with Gasteiger partial charge in [0.1, 0.15) is 0 Å². The molecular weight excluding hydrogens is 390 g/mol. The third-order valence-corrected chi connectivity index (χ3v) is 5.44. The van der Waals surface area contributed by atoms with Crippen LogP contribution in [0.1, 0.15) is 47.7 Å². The number of hydrogen-bond donors (Lipinski definition) is 1. The standard InChI is InChI=1S/C23H28F2N2O3/c1-16-5-3-4-12-27(16)15-18-8-6-17(7-9-18)14-26-22(28)19-10-11-20(29-2)21(13-19)30-23(24)25/h6-11,13,16,23H,3-5,12,14-15H2,1-2H3,(H,26,28). The van der Waals surface area contributed by atoms with Crippen LogP contribution in [0.4, 0.5) is 8.78 Å². The summed E-state index contributed by atoms with van der Waals surface area (Å²) >= 11 is 0. The van der Waals surface area contributed by atoms with E-state index in [9.17, 15) is 13.6 Å². The van der Waals surface area contributed by atoms with Crippen LogP contribution in [0.5, 0.6) is 11.5 Å². The number of halogens is 2. The molecule has 0 aliphatic carbocycles. The summed E-state index contributed by atoms with van der Waals surface area (Å²) in [5, 5.41) is 2.81. The monoisotopic (exact) mass is 418 g/mol. The maximum Gasteiger partial charge on any atom is 0.387 e. The van der Waals surface area contributed by atoms with Gasteiger partial charge < -0.3 is 14.8 Å². The number of piperidine rings is 1. The van der Waals surface area contributed by atoms with Crippen LogP contribution in [0.15, 0.2) is 42.5 Å². The van der Waals surface area contributed by atoms with Gasteiger partial charge in [0, 0.05) is 24.7 Å². The molecule has 1 aliphatic heterocycles. The molecule has 30 heavy (non-hydrogen) atoms. The molecule has 0 radical (unpaired) electrons. The van der Waals surface area contributed by atoms with Crippen molar-refractivity contribution in [3.8, 4) is 11.5 Å². The van der Waals surface area contributed by atoms with E-state index >= 15 is 0 Å². The van der Waals surface area contributed by atoms with E-state index in [4.69, 9.17) is 4.74 Å². The van der Waals surface area contributed by atoms with Crippen molar-refractivity contribution in [2.75, 3.05) is 13.7 Å². The van der Waals surface area contributed by atoms with E-state index in [1.807, 2.05) is 12.1 Å². The first kappa shape index (κ1) is 22.0. The summed E-state index contributed by atoms with van der Waals surface area (Å²) in [5.74, 6) is -0.398. The maximum absolute atomic E-state index is 12.6. The fraction of sp³-hybridized carbons (Fsp3) is 0.435. The highest BCUT2D eigenvalue weighted by Crippen LogP contribution is 2.29. The lowest BCUT2D eigenvalue weighted by Crippen LogP contribution is -2.36. The molecule has 1 heterocycles. The molecule has 7 heteroatoms. The molecule has 1 unspecified atom stereocenters. The van der Waals surface area contributed by atoms with Gasteiger partial charge in [-0.15, -0.1) is 0 Å². The van der Waals surface area contributed by atoms with Crippen LogP contribution in [-0.2, 0) is 13.1 Å². The number of likely N-dealkylation sites (tertiary alicyclic amines) is 1. The van der Waals surface area contributed by atoms with Crippen molar-refractivity contribution in [2.45, 2.75) is 51.9 Å². The fourth-order valence-electron chi connectivity index (χ4n) is 3.68. The molecule has 1 saturated heterocycles. The number of rotatable bonds is 8. The first-order valence-corrected chi connectivity index (χ1v) is 10.2. The smallest absolute Gasteiger partial charge is 0.387 e. The molecule has 1 atom stereocenters. The largest absolute Gasteiger partial charge is 0.493 e. The zero-order chi connectivity index (χ0) is 21.5. The molecule has 2 aromatic rings. The normalized spacial score (nSPS) is 17.0. The number of carbonyl (C=O) groups is 1. The number of hydrogen-bond acceptors (Lipinski definition) is 4. The van der Waals surface area contributed by atoms with Gasteiger partial charge in [0.15, 0.2) is 11.5 Å². The first-order valence-electron chi connectivity index (χ1n) is 10.2. The Morgan fingerprint density at radius 3 is 2.53 bits per heavy atom. The Morgan fingerprint density at radius 1 is 1.13 bits per heavy atom. The molecule has 3 rings (SSSR count). The van der Waals surface area contributed by atoms with Crippen molar-refractivity contribution in [3.05, 3.63) is 59.2 Å². The molecule has 0 saturated carbocycles. The van der Waals surface area contributed by atoms with Crippen molar-refractivity contribution in [1.82, 2.24) is 10.2 Å². The second-order valence-electron chi connectivity index (χ2n) is 7.56. The molecule has 1 aliphatic rings. The summed E-state index contributed by atoms with van der Waals surface area (Å²) in [7, 11) is 1.35. The van der Waals surface area contributed by atoms with E-state index in [0.717, 1.165) is 18.7 Å². The number of alkyl halides is 2. The van der Waals surface area contributed by atoms with Crippen molar-refractivity contribution < 1.29 is 23.0 Å². The van der Waals surface area contributed by atoms with Gasteiger partial charge in [0.2, 0.25) is 0 Å². The number of methoxy groups -OCH3 is 1. The van der Waals surface area contributed by atoms with Crippen molar-refractivity contribution in [1.29, 1.82) is 0 Å². The van der Waals surface area contributed by atoms with Gasteiger partial charge in [-0.2, -0.15) is 8.78 Å². The summed E-state index contributed by atoms with van der Waals surface area (Å²) in [6.45, 7) is 1.70. The second kappa shape index (κ2) is 10.4. The molecule has 2 aromatic carbocycles. The van der Waals surface area contributed by atoms with E-state index in [2.05, 4.69) is 34.0 Å². The Labute approximate surface area is 176 Å². The van der Waals surface area contributed by atoms with E-state index in [1.165, 1.54) is 50.1 Å². The van der Waals surface area contributed by atoms with Gasteiger partial charge in [-0.3, -0.25) is 9.69 Å². The second-order valence-corrected chi connectivity index (χ2v) is 7.56. The Kier molecular flexibility index (Phi) is 7.63. The number of nitrogens with zero attached hydrogens (tertiary/aromatic N) is 1. The van der Waals surface area contributed by atoms with E-state index in [0.29, 0.717) is 12.6 Å². The average molecular weight is 418 g/mol. The zero-order valence-electron chi connectivity index (χ0n) is 17.4. The van der Waals surface area contributed by atoms with Gasteiger partial charge in [-0.25, -0.2) is 0 Å². The highest BCUT2D eigenvalue weighted by atomic mass is 19.3. The van der Waals surface area contributed by atoms with Gasteiger partial charge in [-0.1, -0.05) is 30.7 Å². The summed E-state index contributed by atoms with van der Waals surface area (Å²) in [4.78, 5) is 14.9. The summed E-state index contributed by atoms with van der Waals surface area (Å²) in [6, 6.07) is 13.0. The van der Waals surface area contributed by atoms with Crippen molar-refractivity contribution >= 4 is 5.91 Å². The van der Waals surface area contributed by atoms with Crippen LogP contribution in [0.25, 0.3) is 0 Å². The van der Waals surface area contributed by atoms with E-state index < -0.39 is 6.61 Å². The molecule has 5 nitrogen and oxygen atoms in total. The molecule has 1 amide bonds. The fourth-order valence-corrected chi connectivity index (χ4v) is 3.68. The number of nitrogens with one attached hydrogen (secondary N) is 1. The Bertz CT molecular complexity index is 843. The van der Waals surface area contributed by atoms with Crippen LogP contribution in [0.2, 0.25) is 0 Å². The molecular formula is C23H28F2N2O3. The number of benzene rings is 2. The molecule has 162 valence electrons. The Balaban J connectivity index is 1.56. The lowest BCUT2D eigenvalue weighted by atomic mass is 10.0. The molecule has 0 bridgehead atoms. The Morgan fingerprint density at radius 2 is 1.87 bits per heavy atom. The first-order chi connectivity index (χ1) is 14.5. The van der Waals surface area contributed by atoms with Gasteiger partial charge in [0.25, 0.3) is 5.91 Å². The molecule has 0 aromatic heterocycles. The van der Waals surface area contributed by atoms with Crippen LogP contribution in [0.3, 0.4) is 0 Å². The summed E-state index contributed by atoms with van der Waals surface area (Å²) in [6.07, 6.45) is 3.81. The van der Waals surface area contributed by atoms with Crippen LogP contribution >= 0.6 is 0 Å². The molecule has 1 fully saturated rings. The number of amides is 1. The average Bonchev–Trinajstić information content (AvgIpc) is 2.74. The predicted octanol–water partition coefficient (Wildman–Crippen LogP) is 4.60. The minimum Gasteiger partial charge on any atom is -0.493 e. The van der Waals surface area contributed by atoms with Crippen molar-refractivity contribution in [2.24, 2.45) is 0 Å². The van der Waals surface area contributed by atoms with Crippen molar-refractivity contribution in [3.63, 3.8) is 0 Å². The van der Waals surface area contributed by atoms with Gasteiger partial charge >= 0.3 is 6.61 Å². The van der Waals surface area contributed by atoms with Crippen LogP contribution in [0, 0.1) is 0 Å². The van der Waals surface area contributed by atoms with Gasteiger partial charge in [0.05, 0.1) is 7.11 Å². The van der Waals surface area contributed by atoms with Gasteiger partial charge in [-0.05, 0) is 55.6 Å². The third-order valence-electron chi connectivity index (χ3n) is 5.44. The SMILES string of the molecule is COc1ccc(C(=O)NCc2ccc(CN3CCCCC3C)cc2)cc1OC(F)F.